The number of hydrogen-bond acceptors (Lipinski definition) is 3. The highest BCUT2D eigenvalue weighted by Crippen LogP contribution is 2.47. The number of rotatable bonds is 2. The summed E-state index contributed by atoms with van der Waals surface area (Å²) >= 11 is 1.74. The van der Waals surface area contributed by atoms with Crippen molar-refractivity contribution in [3.05, 3.63) is 77.4 Å². The monoisotopic (exact) mass is 371 g/mol. The number of benzene rings is 3. The second kappa shape index (κ2) is 6.58. The predicted octanol–water partition coefficient (Wildman–Crippen LogP) is 6.24. The van der Waals surface area contributed by atoms with Gasteiger partial charge in [-0.15, -0.1) is 11.8 Å². The van der Waals surface area contributed by atoms with Crippen molar-refractivity contribution in [1.29, 1.82) is 0 Å². The van der Waals surface area contributed by atoms with Crippen molar-refractivity contribution in [3.63, 3.8) is 0 Å². The number of anilines is 1. The lowest BCUT2D eigenvalue weighted by Crippen LogP contribution is -2.27. The van der Waals surface area contributed by atoms with Crippen LogP contribution in [0.1, 0.15) is 36.4 Å². The third-order valence-corrected chi connectivity index (χ3v) is 6.47. The van der Waals surface area contributed by atoms with Crippen LogP contribution in [-0.2, 0) is 4.79 Å². The van der Waals surface area contributed by atoms with Gasteiger partial charge in [0.1, 0.15) is 0 Å². The zero-order valence-electron chi connectivity index (χ0n) is 15.3. The van der Waals surface area contributed by atoms with Gasteiger partial charge in [0.05, 0.1) is 6.04 Å². The van der Waals surface area contributed by atoms with E-state index in [0.717, 1.165) is 29.7 Å². The maximum absolute atomic E-state index is 13.0. The van der Waals surface area contributed by atoms with Crippen molar-refractivity contribution in [2.24, 2.45) is 0 Å². The molecule has 0 radical (unpaired) electrons. The second-order valence-electron chi connectivity index (χ2n) is 7.23. The molecule has 2 aliphatic rings. The molecule has 3 heteroatoms. The lowest BCUT2D eigenvalue weighted by Gasteiger charge is -2.35. The summed E-state index contributed by atoms with van der Waals surface area (Å²) in [6.07, 6.45) is 4.65. The van der Waals surface area contributed by atoms with Gasteiger partial charge in [0, 0.05) is 28.1 Å². The molecule has 5 rings (SSSR count). The number of fused-ring (bicyclic) bond motifs is 4. The van der Waals surface area contributed by atoms with Gasteiger partial charge in [0.15, 0.2) is 5.78 Å². The summed E-state index contributed by atoms with van der Waals surface area (Å²) in [4.78, 5) is 14.2. The Morgan fingerprint density at radius 1 is 0.963 bits per heavy atom. The van der Waals surface area contributed by atoms with E-state index in [1.54, 1.807) is 11.8 Å². The molecule has 0 amide bonds. The van der Waals surface area contributed by atoms with Gasteiger partial charge in [-0.25, -0.2) is 0 Å². The Morgan fingerprint density at radius 3 is 2.59 bits per heavy atom. The lowest BCUT2D eigenvalue weighted by atomic mass is 9.77. The van der Waals surface area contributed by atoms with Gasteiger partial charge in [0.2, 0.25) is 0 Å². The van der Waals surface area contributed by atoms with Crippen molar-refractivity contribution in [3.8, 4) is 0 Å². The molecule has 2 nitrogen and oxygen atoms in total. The van der Waals surface area contributed by atoms with E-state index >= 15 is 0 Å². The smallest absolute Gasteiger partial charge is 0.161 e. The summed E-state index contributed by atoms with van der Waals surface area (Å²) < 4.78 is 0. The molecular formula is C24H21NOS. The molecule has 27 heavy (non-hydrogen) atoms. The van der Waals surface area contributed by atoms with Crippen molar-refractivity contribution < 1.29 is 4.79 Å². The number of hydrogen-bond donors (Lipinski definition) is 1. The zero-order chi connectivity index (χ0) is 18.4. The SMILES string of the molecule is CSc1ccc(C2Nc3ccc4ccccc4c3C3=C2C(=O)CCC3)cc1. The summed E-state index contributed by atoms with van der Waals surface area (Å²) in [5.74, 6) is 0.293. The molecule has 1 unspecified atom stereocenters. The van der Waals surface area contributed by atoms with E-state index in [0.29, 0.717) is 12.2 Å². The van der Waals surface area contributed by atoms with Crippen LogP contribution >= 0.6 is 11.8 Å². The second-order valence-corrected chi connectivity index (χ2v) is 8.11. The maximum atomic E-state index is 13.0. The van der Waals surface area contributed by atoms with Crippen LogP contribution in [0.15, 0.2) is 71.1 Å². The first kappa shape index (κ1) is 16.6. The van der Waals surface area contributed by atoms with Crippen LogP contribution in [0.5, 0.6) is 0 Å². The minimum atomic E-state index is -0.0580. The highest BCUT2D eigenvalue weighted by Gasteiger charge is 2.34. The summed E-state index contributed by atoms with van der Waals surface area (Å²) in [6, 6.07) is 21.4. The highest BCUT2D eigenvalue weighted by molar-refractivity contribution is 7.98. The molecule has 1 atom stereocenters. The van der Waals surface area contributed by atoms with E-state index in [4.69, 9.17) is 0 Å². The van der Waals surface area contributed by atoms with Crippen molar-refractivity contribution in [2.75, 3.05) is 11.6 Å². The molecule has 3 aromatic rings. The van der Waals surface area contributed by atoms with Crippen molar-refractivity contribution >= 4 is 39.6 Å². The number of carbonyl (C=O) groups is 1. The van der Waals surface area contributed by atoms with Crippen LogP contribution in [0.25, 0.3) is 16.3 Å². The first-order valence-corrected chi connectivity index (χ1v) is 10.7. The molecule has 0 saturated carbocycles. The van der Waals surface area contributed by atoms with Crippen LogP contribution < -0.4 is 5.32 Å². The molecule has 1 aliphatic carbocycles. The Hall–Kier alpha value is -2.52. The molecular weight excluding hydrogens is 350 g/mol. The summed E-state index contributed by atoms with van der Waals surface area (Å²) in [7, 11) is 0. The van der Waals surface area contributed by atoms with Crippen LogP contribution in [-0.4, -0.2) is 12.0 Å². The summed E-state index contributed by atoms with van der Waals surface area (Å²) in [5, 5.41) is 6.15. The van der Waals surface area contributed by atoms with Gasteiger partial charge in [-0.3, -0.25) is 4.79 Å². The number of nitrogens with one attached hydrogen (secondary N) is 1. The normalized spacial score (nSPS) is 18.9. The van der Waals surface area contributed by atoms with Crippen molar-refractivity contribution in [2.45, 2.75) is 30.2 Å². The molecule has 1 N–H and O–H groups in total. The van der Waals surface area contributed by atoms with E-state index < -0.39 is 0 Å². The number of carbonyl (C=O) groups excluding carboxylic acids is 1. The standard InChI is InChI=1S/C24H21NOS/c1-27-17-12-9-16(10-13-17)24-23-19(7-4-8-21(23)26)22-18-6-3-2-5-15(18)11-14-20(22)25-24/h2-3,5-6,9-14,24-25H,4,7-8H2,1H3. The number of allylic oxidation sites excluding steroid dienone is 1. The molecule has 1 heterocycles. The molecule has 0 bridgehead atoms. The quantitative estimate of drug-likeness (QED) is 0.541. The van der Waals surface area contributed by atoms with Crippen LogP contribution in [0.2, 0.25) is 0 Å². The third-order valence-electron chi connectivity index (χ3n) is 5.72. The number of Topliss-reactive ketones (excluding diaryl/α,β-unsaturated/α-hetero) is 1. The molecule has 1 aliphatic heterocycles. The Labute approximate surface area is 163 Å². The maximum Gasteiger partial charge on any atom is 0.161 e. The van der Waals surface area contributed by atoms with Gasteiger partial charge >= 0.3 is 0 Å². The van der Waals surface area contributed by atoms with Crippen molar-refractivity contribution in [1.82, 2.24) is 0 Å². The van der Waals surface area contributed by atoms with Crippen LogP contribution in [0, 0.1) is 0 Å². The van der Waals surface area contributed by atoms with Gasteiger partial charge in [0.25, 0.3) is 0 Å². The van der Waals surface area contributed by atoms with E-state index in [1.165, 1.54) is 26.8 Å². The summed E-state index contributed by atoms with van der Waals surface area (Å²) in [5.41, 5.74) is 5.75. The Bertz CT molecular complexity index is 1080. The molecule has 134 valence electrons. The molecule has 0 aromatic heterocycles. The minimum Gasteiger partial charge on any atom is -0.373 e. The third kappa shape index (κ3) is 2.69. The summed E-state index contributed by atoms with van der Waals surface area (Å²) in [6.45, 7) is 0. The van der Waals surface area contributed by atoms with Crippen LogP contribution in [0.4, 0.5) is 5.69 Å². The Balaban J connectivity index is 1.73. The van der Waals surface area contributed by atoms with E-state index in [-0.39, 0.29) is 6.04 Å². The van der Waals surface area contributed by atoms with E-state index in [9.17, 15) is 4.79 Å². The van der Waals surface area contributed by atoms with E-state index in [2.05, 4.69) is 72.2 Å². The highest BCUT2D eigenvalue weighted by atomic mass is 32.2. The fourth-order valence-electron chi connectivity index (χ4n) is 4.45. The number of thioether (sulfide) groups is 1. The van der Waals surface area contributed by atoms with Gasteiger partial charge in [-0.2, -0.15) is 0 Å². The lowest BCUT2D eigenvalue weighted by molar-refractivity contribution is -0.116. The van der Waals surface area contributed by atoms with Gasteiger partial charge in [-0.1, -0.05) is 42.5 Å². The fraction of sp³-hybridized carbons (Fsp3) is 0.208. The number of ketones is 1. The molecule has 3 aromatic carbocycles. The fourth-order valence-corrected chi connectivity index (χ4v) is 4.86. The molecule has 0 spiro atoms. The predicted molar refractivity (Wildman–Crippen MR) is 114 cm³/mol. The average molecular weight is 372 g/mol. The Kier molecular flexibility index (Phi) is 4.05. The average Bonchev–Trinajstić information content (AvgIpc) is 2.73. The topological polar surface area (TPSA) is 29.1 Å². The molecule has 0 saturated heterocycles. The van der Waals surface area contributed by atoms with Gasteiger partial charge in [-0.05, 0) is 59.2 Å². The minimum absolute atomic E-state index is 0.0580. The largest absolute Gasteiger partial charge is 0.373 e. The first-order valence-electron chi connectivity index (χ1n) is 9.45. The van der Waals surface area contributed by atoms with Crippen LogP contribution in [0.3, 0.4) is 0 Å². The first-order chi connectivity index (χ1) is 13.3. The zero-order valence-corrected chi connectivity index (χ0v) is 16.1. The molecule has 0 fully saturated rings. The Morgan fingerprint density at radius 2 is 1.78 bits per heavy atom. The van der Waals surface area contributed by atoms with Gasteiger partial charge < -0.3 is 5.32 Å². The van der Waals surface area contributed by atoms with E-state index in [1.807, 2.05) is 0 Å².